The van der Waals surface area contributed by atoms with Crippen LogP contribution in [0, 0.1) is 0 Å². The van der Waals surface area contributed by atoms with Crippen molar-refractivity contribution < 1.29 is 4.79 Å². The summed E-state index contributed by atoms with van der Waals surface area (Å²) in [6.45, 7) is 6.84. The Bertz CT molecular complexity index is 693. The summed E-state index contributed by atoms with van der Waals surface area (Å²) >= 11 is 0. The van der Waals surface area contributed by atoms with E-state index in [2.05, 4.69) is 35.9 Å². The molecule has 3 rings (SSSR count). The molecule has 1 aromatic carbocycles. The Labute approximate surface area is 150 Å². The second-order valence-electron chi connectivity index (χ2n) is 6.96. The largest absolute Gasteiger partial charge is 0.371 e. The normalized spacial score (nSPS) is 14.6. The van der Waals surface area contributed by atoms with Gasteiger partial charge in [0.25, 0.3) is 5.91 Å². The molecule has 2 aromatic rings. The van der Waals surface area contributed by atoms with Gasteiger partial charge in [-0.1, -0.05) is 30.3 Å². The molecule has 0 N–H and O–H groups in total. The van der Waals surface area contributed by atoms with Gasteiger partial charge in [-0.3, -0.25) is 9.78 Å². The lowest BCUT2D eigenvalue weighted by atomic mass is 10.1. The fraction of sp³-hybridized carbons (Fsp3) is 0.429. The predicted molar refractivity (Wildman–Crippen MR) is 102 cm³/mol. The molecule has 0 radical (unpaired) electrons. The number of nitrogens with zero attached hydrogens (tertiary/aromatic N) is 3. The SMILES string of the molecule is CC(C)N(Cc1ccccc1)C(=O)c1cc(N2CCCCC2)ccn1. The van der Waals surface area contributed by atoms with Crippen molar-refractivity contribution in [2.24, 2.45) is 0 Å². The van der Waals surface area contributed by atoms with E-state index >= 15 is 0 Å². The van der Waals surface area contributed by atoms with Crippen molar-refractivity contribution in [3.8, 4) is 0 Å². The lowest BCUT2D eigenvalue weighted by molar-refractivity contribution is 0.0684. The van der Waals surface area contributed by atoms with E-state index in [4.69, 9.17) is 0 Å². The summed E-state index contributed by atoms with van der Waals surface area (Å²) in [5.41, 5.74) is 2.78. The van der Waals surface area contributed by atoms with Crippen LogP contribution in [-0.2, 0) is 6.54 Å². The topological polar surface area (TPSA) is 36.4 Å². The molecule has 4 nitrogen and oxygen atoms in total. The molecule has 1 aliphatic rings. The third kappa shape index (κ3) is 4.38. The monoisotopic (exact) mass is 337 g/mol. The van der Waals surface area contributed by atoms with Crippen LogP contribution in [0.2, 0.25) is 0 Å². The van der Waals surface area contributed by atoms with Crippen LogP contribution in [-0.4, -0.2) is 34.9 Å². The molecule has 0 atom stereocenters. The highest BCUT2D eigenvalue weighted by atomic mass is 16.2. The summed E-state index contributed by atoms with van der Waals surface area (Å²) in [6.07, 6.45) is 5.50. The van der Waals surface area contributed by atoms with E-state index < -0.39 is 0 Å². The minimum Gasteiger partial charge on any atom is -0.371 e. The fourth-order valence-corrected chi connectivity index (χ4v) is 3.30. The van der Waals surface area contributed by atoms with Crippen LogP contribution in [0.1, 0.15) is 49.2 Å². The first-order chi connectivity index (χ1) is 12.1. The molecule has 0 aliphatic carbocycles. The zero-order chi connectivity index (χ0) is 17.6. The van der Waals surface area contributed by atoms with Gasteiger partial charge < -0.3 is 9.80 Å². The van der Waals surface area contributed by atoms with Crippen molar-refractivity contribution in [1.29, 1.82) is 0 Å². The number of piperidine rings is 1. The van der Waals surface area contributed by atoms with Crippen LogP contribution >= 0.6 is 0 Å². The Morgan fingerprint density at radius 2 is 1.84 bits per heavy atom. The van der Waals surface area contributed by atoms with Gasteiger partial charge in [-0.25, -0.2) is 0 Å². The summed E-state index contributed by atoms with van der Waals surface area (Å²) < 4.78 is 0. The zero-order valence-electron chi connectivity index (χ0n) is 15.2. The molecule has 0 unspecified atom stereocenters. The zero-order valence-corrected chi connectivity index (χ0v) is 15.2. The Hall–Kier alpha value is -2.36. The van der Waals surface area contributed by atoms with Crippen LogP contribution < -0.4 is 4.90 Å². The van der Waals surface area contributed by atoms with Gasteiger partial charge in [-0.05, 0) is 50.8 Å². The van der Waals surface area contributed by atoms with Gasteiger partial charge in [0.15, 0.2) is 0 Å². The molecule has 1 fully saturated rings. The molecule has 1 aromatic heterocycles. The standard InChI is InChI=1S/C21H27N3O/c1-17(2)24(16-18-9-5-3-6-10-18)21(25)20-15-19(11-12-22-20)23-13-7-4-8-14-23/h3,5-6,9-12,15,17H,4,7-8,13-14,16H2,1-2H3. The number of carbonyl (C=O) groups is 1. The molecule has 0 bridgehead atoms. The molecule has 4 heteroatoms. The van der Waals surface area contributed by atoms with Gasteiger partial charge in [0, 0.05) is 37.6 Å². The average Bonchev–Trinajstić information content (AvgIpc) is 2.67. The van der Waals surface area contributed by atoms with Crippen LogP contribution in [0.5, 0.6) is 0 Å². The van der Waals surface area contributed by atoms with Crippen LogP contribution in [0.15, 0.2) is 48.7 Å². The number of carbonyl (C=O) groups excluding carboxylic acids is 1. The molecule has 132 valence electrons. The molecule has 0 spiro atoms. The molecule has 0 saturated carbocycles. The quantitative estimate of drug-likeness (QED) is 0.823. The van der Waals surface area contributed by atoms with Crippen LogP contribution in [0.25, 0.3) is 0 Å². The lowest BCUT2D eigenvalue weighted by Gasteiger charge is -2.30. The number of amides is 1. The van der Waals surface area contributed by atoms with Crippen LogP contribution in [0.4, 0.5) is 5.69 Å². The van der Waals surface area contributed by atoms with Gasteiger partial charge in [0.1, 0.15) is 5.69 Å². The minimum absolute atomic E-state index is 0.00212. The van der Waals surface area contributed by atoms with Gasteiger partial charge in [-0.15, -0.1) is 0 Å². The molecule has 1 saturated heterocycles. The molecule has 25 heavy (non-hydrogen) atoms. The average molecular weight is 337 g/mol. The Morgan fingerprint density at radius 1 is 1.12 bits per heavy atom. The van der Waals surface area contributed by atoms with Crippen molar-refractivity contribution in [3.05, 3.63) is 59.9 Å². The molecular weight excluding hydrogens is 310 g/mol. The van der Waals surface area contributed by atoms with Gasteiger partial charge in [0.2, 0.25) is 0 Å². The van der Waals surface area contributed by atoms with Crippen molar-refractivity contribution in [2.45, 2.75) is 45.7 Å². The molecule has 1 aliphatic heterocycles. The maximum atomic E-state index is 13.1. The summed E-state index contributed by atoms with van der Waals surface area (Å²) in [6, 6.07) is 14.2. The van der Waals surface area contributed by atoms with Crippen molar-refractivity contribution in [3.63, 3.8) is 0 Å². The van der Waals surface area contributed by atoms with E-state index in [0.29, 0.717) is 12.2 Å². The van der Waals surface area contributed by atoms with E-state index in [1.165, 1.54) is 19.3 Å². The second-order valence-corrected chi connectivity index (χ2v) is 6.96. The number of hydrogen-bond acceptors (Lipinski definition) is 3. The number of rotatable bonds is 5. The first-order valence-electron chi connectivity index (χ1n) is 9.21. The Morgan fingerprint density at radius 3 is 2.52 bits per heavy atom. The Kier molecular flexibility index (Phi) is 5.69. The highest BCUT2D eigenvalue weighted by Crippen LogP contribution is 2.21. The highest BCUT2D eigenvalue weighted by molar-refractivity contribution is 5.93. The van der Waals surface area contributed by atoms with E-state index in [9.17, 15) is 4.79 Å². The van der Waals surface area contributed by atoms with E-state index in [0.717, 1.165) is 24.3 Å². The highest BCUT2D eigenvalue weighted by Gasteiger charge is 2.21. The lowest BCUT2D eigenvalue weighted by Crippen LogP contribution is -2.37. The van der Waals surface area contributed by atoms with Gasteiger partial charge in [-0.2, -0.15) is 0 Å². The molecular formula is C21H27N3O. The first kappa shape index (κ1) is 17.5. The van der Waals surface area contributed by atoms with Crippen molar-refractivity contribution in [2.75, 3.05) is 18.0 Å². The van der Waals surface area contributed by atoms with E-state index in [-0.39, 0.29) is 11.9 Å². The summed E-state index contributed by atoms with van der Waals surface area (Å²) in [5, 5.41) is 0. The third-order valence-corrected chi connectivity index (χ3v) is 4.76. The molecule has 1 amide bonds. The maximum Gasteiger partial charge on any atom is 0.273 e. The molecule has 2 heterocycles. The van der Waals surface area contributed by atoms with E-state index in [1.807, 2.05) is 35.2 Å². The second kappa shape index (κ2) is 8.15. The van der Waals surface area contributed by atoms with Crippen molar-refractivity contribution in [1.82, 2.24) is 9.88 Å². The third-order valence-electron chi connectivity index (χ3n) is 4.76. The van der Waals surface area contributed by atoms with Crippen LogP contribution in [0.3, 0.4) is 0 Å². The summed E-state index contributed by atoms with van der Waals surface area (Å²) in [7, 11) is 0. The minimum atomic E-state index is -0.00212. The smallest absolute Gasteiger partial charge is 0.273 e. The fourth-order valence-electron chi connectivity index (χ4n) is 3.30. The predicted octanol–water partition coefficient (Wildman–Crippen LogP) is 4.12. The number of benzene rings is 1. The number of anilines is 1. The Balaban J connectivity index is 1.79. The maximum absolute atomic E-state index is 13.1. The number of pyridine rings is 1. The van der Waals surface area contributed by atoms with Gasteiger partial charge in [0.05, 0.1) is 0 Å². The van der Waals surface area contributed by atoms with Crippen molar-refractivity contribution >= 4 is 11.6 Å². The van der Waals surface area contributed by atoms with E-state index in [1.54, 1.807) is 6.20 Å². The van der Waals surface area contributed by atoms with Gasteiger partial charge >= 0.3 is 0 Å². The summed E-state index contributed by atoms with van der Waals surface area (Å²) in [4.78, 5) is 21.7. The number of aromatic nitrogens is 1. The first-order valence-corrected chi connectivity index (χ1v) is 9.21. The summed E-state index contributed by atoms with van der Waals surface area (Å²) in [5.74, 6) is -0.00212. The number of hydrogen-bond donors (Lipinski definition) is 0.